The van der Waals surface area contributed by atoms with Crippen LogP contribution in [0.15, 0.2) is 0 Å². The zero-order valence-corrected chi connectivity index (χ0v) is 9.83. The number of hydrogen-bond donors (Lipinski definition) is 2. The predicted molar refractivity (Wildman–Crippen MR) is 58.3 cm³/mol. The Hall–Kier alpha value is -1.14. The van der Waals surface area contributed by atoms with Crippen LogP contribution in [-0.4, -0.2) is 30.4 Å². The lowest BCUT2D eigenvalue weighted by atomic mass is 10.4. The normalized spacial score (nSPS) is 9.80. The molecular formula is C8H10ClN3O2S. The highest BCUT2D eigenvalue weighted by Crippen LogP contribution is 2.23. The topological polar surface area (TPSA) is 71.1 Å². The van der Waals surface area contributed by atoms with Crippen LogP contribution < -0.4 is 10.6 Å². The molecule has 7 heteroatoms. The molecule has 1 heterocycles. The van der Waals surface area contributed by atoms with Gasteiger partial charge < -0.3 is 10.6 Å². The van der Waals surface area contributed by atoms with Crippen LogP contribution in [0.2, 0.25) is 4.34 Å². The van der Waals surface area contributed by atoms with E-state index in [0.717, 1.165) is 0 Å². The summed E-state index contributed by atoms with van der Waals surface area (Å²) >= 11 is 7.01. The van der Waals surface area contributed by atoms with Crippen LogP contribution in [0.3, 0.4) is 0 Å². The molecule has 0 fully saturated rings. The van der Waals surface area contributed by atoms with Crippen molar-refractivity contribution in [2.45, 2.75) is 6.92 Å². The molecule has 0 saturated heterocycles. The first-order valence-corrected chi connectivity index (χ1v) is 5.35. The highest BCUT2D eigenvalue weighted by molar-refractivity contribution is 7.16. The number of thiazole rings is 1. The molecule has 1 aromatic rings. The van der Waals surface area contributed by atoms with Gasteiger partial charge in [-0.1, -0.05) is 11.6 Å². The first-order chi connectivity index (χ1) is 7.04. The van der Waals surface area contributed by atoms with Gasteiger partial charge in [0.1, 0.15) is 4.34 Å². The molecule has 0 spiro atoms. The fourth-order valence-corrected chi connectivity index (χ4v) is 1.97. The molecular weight excluding hydrogens is 238 g/mol. The fourth-order valence-electron chi connectivity index (χ4n) is 0.875. The first-order valence-electron chi connectivity index (χ1n) is 4.16. The van der Waals surface area contributed by atoms with E-state index in [9.17, 15) is 9.59 Å². The average Bonchev–Trinajstić information content (AvgIpc) is 2.53. The lowest BCUT2D eigenvalue weighted by Gasteiger charge is -2.01. The molecule has 0 aliphatic carbocycles. The van der Waals surface area contributed by atoms with Gasteiger partial charge >= 0.3 is 0 Å². The Morgan fingerprint density at radius 3 is 2.67 bits per heavy atom. The minimum absolute atomic E-state index is 0.0811. The van der Waals surface area contributed by atoms with Crippen molar-refractivity contribution < 1.29 is 9.59 Å². The van der Waals surface area contributed by atoms with Crippen molar-refractivity contribution in [2.24, 2.45) is 0 Å². The van der Waals surface area contributed by atoms with Gasteiger partial charge in [-0.25, -0.2) is 4.98 Å². The number of amides is 2. The van der Waals surface area contributed by atoms with Crippen molar-refractivity contribution in [2.75, 3.05) is 13.6 Å². The van der Waals surface area contributed by atoms with Gasteiger partial charge in [0, 0.05) is 7.05 Å². The summed E-state index contributed by atoms with van der Waals surface area (Å²) in [4.78, 5) is 26.3. The molecule has 2 amide bonds. The van der Waals surface area contributed by atoms with Crippen molar-refractivity contribution in [1.29, 1.82) is 0 Å². The van der Waals surface area contributed by atoms with Crippen LogP contribution >= 0.6 is 22.9 Å². The Balaban J connectivity index is 2.61. The molecule has 0 aliphatic rings. The maximum absolute atomic E-state index is 11.5. The quantitative estimate of drug-likeness (QED) is 0.821. The first kappa shape index (κ1) is 11.9. The number of rotatable bonds is 3. The molecule has 0 atom stereocenters. The zero-order valence-electron chi connectivity index (χ0n) is 8.26. The van der Waals surface area contributed by atoms with Gasteiger partial charge in [-0.15, -0.1) is 11.3 Å². The second-order valence-corrected chi connectivity index (χ2v) is 4.52. The van der Waals surface area contributed by atoms with E-state index >= 15 is 0 Å². The molecule has 0 unspecified atom stereocenters. The number of aromatic nitrogens is 1. The molecule has 0 bridgehead atoms. The summed E-state index contributed by atoms with van der Waals surface area (Å²) in [6, 6.07) is 0. The lowest BCUT2D eigenvalue weighted by molar-refractivity contribution is -0.119. The van der Waals surface area contributed by atoms with Gasteiger partial charge in [-0.3, -0.25) is 9.59 Å². The molecule has 0 radical (unpaired) electrons. The number of carbonyl (C=O) groups excluding carboxylic acids is 2. The Labute approximate surface area is 95.8 Å². The van der Waals surface area contributed by atoms with E-state index in [1.165, 1.54) is 18.4 Å². The van der Waals surface area contributed by atoms with Crippen molar-refractivity contribution in [3.63, 3.8) is 0 Å². The Bertz CT molecular complexity index is 391. The Morgan fingerprint density at radius 2 is 2.20 bits per heavy atom. The number of hydrogen-bond acceptors (Lipinski definition) is 4. The molecule has 5 nitrogen and oxygen atoms in total. The third kappa shape index (κ3) is 3.17. The monoisotopic (exact) mass is 247 g/mol. The van der Waals surface area contributed by atoms with Crippen LogP contribution in [0.1, 0.15) is 15.5 Å². The van der Waals surface area contributed by atoms with Crippen molar-refractivity contribution in [3.05, 3.63) is 15.0 Å². The largest absolute Gasteiger partial charge is 0.358 e. The van der Waals surface area contributed by atoms with Gasteiger partial charge in [0.25, 0.3) is 5.91 Å². The summed E-state index contributed by atoms with van der Waals surface area (Å²) in [5.41, 5.74) is 0.170. The summed E-state index contributed by atoms with van der Waals surface area (Å²) in [7, 11) is 1.49. The number of nitrogens with zero attached hydrogens (tertiary/aromatic N) is 1. The number of halogens is 1. The summed E-state index contributed by atoms with van der Waals surface area (Å²) in [6.45, 7) is 1.67. The zero-order chi connectivity index (χ0) is 11.4. The van der Waals surface area contributed by atoms with Crippen molar-refractivity contribution >= 4 is 34.8 Å². The third-order valence-corrected chi connectivity index (χ3v) is 2.77. The van der Waals surface area contributed by atoms with Crippen LogP contribution in [0.25, 0.3) is 0 Å². The predicted octanol–water partition coefficient (Wildman–Crippen LogP) is 0.581. The van der Waals surface area contributed by atoms with Gasteiger partial charge in [0.05, 0.1) is 11.6 Å². The third-order valence-electron chi connectivity index (χ3n) is 1.60. The van der Waals surface area contributed by atoms with Crippen LogP contribution in [-0.2, 0) is 4.79 Å². The molecule has 0 aromatic carbocycles. The number of carbonyl (C=O) groups is 2. The number of aryl methyl sites for hydroxylation is 1. The maximum atomic E-state index is 11.5. The van der Waals surface area contributed by atoms with Gasteiger partial charge in [0.15, 0.2) is 5.69 Å². The van der Waals surface area contributed by atoms with E-state index in [0.29, 0.717) is 9.34 Å². The van der Waals surface area contributed by atoms with Crippen LogP contribution in [0.5, 0.6) is 0 Å². The second kappa shape index (κ2) is 5.09. The standard InChI is InChI=1S/C8H10ClN3O2S/c1-4-12-6(7(9)15-4)8(14)11-3-5(13)10-2/h3H2,1-2H3,(H,10,13)(H,11,14). The van der Waals surface area contributed by atoms with Crippen LogP contribution in [0.4, 0.5) is 0 Å². The molecule has 1 rings (SSSR count). The van der Waals surface area contributed by atoms with Gasteiger partial charge in [-0.05, 0) is 6.92 Å². The number of likely N-dealkylation sites (N-methyl/N-ethyl adjacent to an activating group) is 1. The summed E-state index contributed by atoms with van der Waals surface area (Å²) < 4.78 is 0.335. The fraction of sp³-hybridized carbons (Fsp3) is 0.375. The minimum atomic E-state index is -0.437. The molecule has 0 aliphatic heterocycles. The van der Waals surface area contributed by atoms with Crippen molar-refractivity contribution in [1.82, 2.24) is 15.6 Å². The molecule has 15 heavy (non-hydrogen) atoms. The van der Waals surface area contributed by atoms with Gasteiger partial charge in [-0.2, -0.15) is 0 Å². The summed E-state index contributed by atoms with van der Waals surface area (Å²) in [5, 5.41) is 5.51. The summed E-state index contributed by atoms with van der Waals surface area (Å²) in [5.74, 6) is -0.709. The maximum Gasteiger partial charge on any atom is 0.272 e. The van der Waals surface area contributed by atoms with E-state index in [-0.39, 0.29) is 18.1 Å². The molecule has 2 N–H and O–H groups in total. The molecule has 82 valence electrons. The van der Waals surface area contributed by atoms with E-state index in [4.69, 9.17) is 11.6 Å². The average molecular weight is 248 g/mol. The molecule has 0 saturated carbocycles. The summed E-state index contributed by atoms with van der Waals surface area (Å²) in [6.07, 6.45) is 0. The lowest BCUT2D eigenvalue weighted by Crippen LogP contribution is -2.35. The smallest absolute Gasteiger partial charge is 0.272 e. The van der Waals surface area contributed by atoms with Crippen molar-refractivity contribution in [3.8, 4) is 0 Å². The van der Waals surface area contributed by atoms with Gasteiger partial charge in [0.2, 0.25) is 5.91 Å². The second-order valence-electron chi connectivity index (χ2n) is 2.71. The number of nitrogens with one attached hydrogen (secondary N) is 2. The highest BCUT2D eigenvalue weighted by atomic mass is 35.5. The van der Waals surface area contributed by atoms with E-state index in [1.54, 1.807) is 6.92 Å². The Morgan fingerprint density at radius 1 is 1.53 bits per heavy atom. The highest BCUT2D eigenvalue weighted by Gasteiger charge is 2.15. The minimum Gasteiger partial charge on any atom is -0.358 e. The van der Waals surface area contributed by atoms with E-state index < -0.39 is 5.91 Å². The van der Waals surface area contributed by atoms with E-state index in [1.807, 2.05) is 0 Å². The van der Waals surface area contributed by atoms with E-state index in [2.05, 4.69) is 15.6 Å². The van der Waals surface area contributed by atoms with Crippen LogP contribution in [0, 0.1) is 6.92 Å². The molecule has 1 aromatic heterocycles. The Kier molecular flexibility index (Phi) is 4.05. The SMILES string of the molecule is CNC(=O)CNC(=O)c1nc(C)sc1Cl.